The summed E-state index contributed by atoms with van der Waals surface area (Å²) in [6.45, 7) is 0. The fraction of sp³-hybridized carbons (Fsp3) is 0.0588. The van der Waals surface area contributed by atoms with E-state index in [-0.39, 0.29) is 5.56 Å². The van der Waals surface area contributed by atoms with E-state index in [1.54, 1.807) is 29.2 Å². The number of azo groups is 1. The van der Waals surface area contributed by atoms with Crippen molar-refractivity contribution >= 4 is 17.6 Å². The Morgan fingerprint density at radius 2 is 1.96 bits per heavy atom. The van der Waals surface area contributed by atoms with Crippen LogP contribution in [0.1, 0.15) is 10.4 Å². The highest BCUT2D eigenvalue weighted by Crippen LogP contribution is 2.40. The number of allylic oxidation sites excluding steroid dienone is 2. The summed E-state index contributed by atoms with van der Waals surface area (Å²) >= 11 is 0. The van der Waals surface area contributed by atoms with Crippen LogP contribution in [-0.2, 0) is 4.79 Å². The second-order valence-corrected chi connectivity index (χ2v) is 5.42. The fourth-order valence-electron chi connectivity index (χ4n) is 2.91. The summed E-state index contributed by atoms with van der Waals surface area (Å²) in [6, 6.07) is 5.25. The predicted octanol–water partition coefficient (Wildman–Crippen LogP) is 3.13. The van der Waals surface area contributed by atoms with Crippen LogP contribution >= 0.6 is 0 Å². The zero-order valence-corrected chi connectivity index (χ0v) is 12.2. The summed E-state index contributed by atoms with van der Waals surface area (Å²) in [5.74, 6) is -1.92. The fourth-order valence-corrected chi connectivity index (χ4v) is 2.91. The molecule has 2 heterocycles. The lowest BCUT2D eigenvalue weighted by molar-refractivity contribution is -0.114. The van der Waals surface area contributed by atoms with Crippen molar-refractivity contribution in [1.82, 2.24) is 0 Å². The van der Waals surface area contributed by atoms with Gasteiger partial charge >= 0.3 is 5.97 Å². The van der Waals surface area contributed by atoms with Gasteiger partial charge in [0.05, 0.1) is 11.1 Å². The van der Waals surface area contributed by atoms with Gasteiger partial charge in [0.25, 0.3) is 5.91 Å². The molecule has 1 N–H and O–H groups in total. The summed E-state index contributed by atoms with van der Waals surface area (Å²) in [5, 5.41) is 16.4. The van der Waals surface area contributed by atoms with Gasteiger partial charge in [-0.05, 0) is 30.3 Å². The average molecular weight is 323 g/mol. The molecule has 1 amide bonds. The van der Waals surface area contributed by atoms with Crippen molar-refractivity contribution in [2.24, 2.45) is 10.2 Å². The van der Waals surface area contributed by atoms with Crippen LogP contribution < -0.4 is 4.90 Å². The number of carbonyl (C=O) groups is 2. The Labute approximate surface area is 135 Å². The molecule has 0 spiro atoms. The zero-order valence-electron chi connectivity index (χ0n) is 12.2. The van der Waals surface area contributed by atoms with Gasteiger partial charge in [-0.25, -0.2) is 9.18 Å². The number of fused-ring (bicyclic) bond motifs is 2. The van der Waals surface area contributed by atoms with Crippen molar-refractivity contribution in [3.05, 3.63) is 76.9 Å². The third-order valence-electron chi connectivity index (χ3n) is 4.05. The maximum Gasteiger partial charge on any atom is 0.335 e. The van der Waals surface area contributed by atoms with Crippen LogP contribution in [0.3, 0.4) is 0 Å². The van der Waals surface area contributed by atoms with E-state index in [2.05, 4.69) is 10.2 Å². The topological polar surface area (TPSA) is 82.3 Å². The van der Waals surface area contributed by atoms with Crippen molar-refractivity contribution < 1.29 is 19.1 Å². The van der Waals surface area contributed by atoms with E-state index in [9.17, 15) is 14.0 Å². The highest BCUT2D eigenvalue weighted by Gasteiger charge is 2.38. The lowest BCUT2D eigenvalue weighted by Crippen LogP contribution is -2.37. The minimum absolute atomic E-state index is 0.126. The standard InChI is InChI=1S/C17H10FN3O3/c18-13-3-1-2-11-14-12(16(22)20-19-14)8-21(15(11)13)10-6-4-9(5-7-10)17(23)24/h1-8,15H,(H,23,24). The number of hydrogen-bond acceptors (Lipinski definition) is 4. The molecule has 1 aliphatic carbocycles. The number of halogens is 1. The maximum atomic E-state index is 14.5. The Morgan fingerprint density at radius 3 is 2.67 bits per heavy atom. The van der Waals surface area contributed by atoms with Crippen LogP contribution in [0.25, 0.3) is 0 Å². The molecule has 0 saturated heterocycles. The van der Waals surface area contributed by atoms with E-state index in [0.717, 1.165) is 0 Å². The number of rotatable bonds is 2. The Balaban J connectivity index is 1.84. The van der Waals surface area contributed by atoms with Crippen molar-refractivity contribution in [3.8, 4) is 0 Å². The van der Waals surface area contributed by atoms with E-state index in [4.69, 9.17) is 5.11 Å². The molecule has 1 unspecified atom stereocenters. The second kappa shape index (κ2) is 5.09. The highest BCUT2D eigenvalue weighted by molar-refractivity contribution is 6.02. The second-order valence-electron chi connectivity index (χ2n) is 5.42. The molecule has 2 aliphatic heterocycles. The van der Waals surface area contributed by atoms with Gasteiger partial charge in [-0.1, -0.05) is 12.2 Å². The number of nitrogens with zero attached hydrogens (tertiary/aromatic N) is 3. The Hall–Kier alpha value is -3.35. The summed E-state index contributed by atoms with van der Waals surface area (Å²) < 4.78 is 14.5. The molecular weight excluding hydrogens is 313 g/mol. The molecule has 24 heavy (non-hydrogen) atoms. The number of anilines is 1. The molecule has 118 valence electrons. The lowest BCUT2D eigenvalue weighted by atomic mass is 9.91. The SMILES string of the molecule is O=C1N=NC2=C3C=CC=C(F)C3N(c3ccc(C(=O)O)cc3)C=C12. The van der Waals surface area contributed by atoms with Gasteiger partial charge in [0.15, 0.2) is 0 Å². The van der Waals surface area contributed by atoms with Gasteiger partial charge in [-0.3, -0.25) is 4.79 Å². The number of carbonyl (C=O) groups excluding carboxylic acids is 1. The summed E-state index contributed by atoms with van der Waals surface area (Å²) in [7, 11) is 0. The molecular formula is C17H10FN3O3. The van der Waals surface area contributed by atoms with Gasteiger partial charge in [0, 0.05) is 17.5 Å². The molecule has 0 fully saturated rings. The van der Waals surface area contributed by atoms with Crippen LogP contribution in [-0.4, -0.2) is 23.0 Å². The van der Waals surface area contributed by atoms with E-state index in [0.29, 0.717) is 22.5 Å². The molecule has 0 saturated carbocycles. The molecule has 1 aromatic carbocycles. The first-order valence-corrected chi connectivity index (χ1v) is 7.14. The molecule has 1 aromatic rings. The molecule has 0 radical (unpaired) electrons. The monoisotopic (exact) mass is 323 g/mol. The van der Waals surface area contributed by atoms with Crippen LogP contribution in [0.15, 0.2) is 81.6 Å². The van der Waals surface area contributed by atoms with E-state index in [1.165, 1.54) is 24.4 Å². The molecule has 4 rings (SSSR count). The minimum atomic E-state index is -1.04. The number of benzene rings is 1. The summed E-state index contributed by atoms with van der Waals surface area (Å²) in [6.07, 6.45) is 6.11. The molecule has 7 heteroatoms. The van der Waals surface area contributed by atoms with Crippen LogP contribution in [0.5, 0.6) is 0 Å². The zero-order chi connectivity index (χ0) is 16.8. The smallest absolute Gasteiger partial charge is 0.335 e. The molecule has 0 aromatic heterocycles. The Morgan fingerprint density at radius 1 is 1.21 bits per heavy atom. The first-order valence-electron chi connectivity index (χ1n) is 7.14. The number of hydrogen-bond donors (Lipinski definition) is 1. The Bertz CT molecular complexity index is 923. The first kappa shape index (κ1) is 14.3. The lowest BCUT2D eigenvalue weighted by Gasteiger charge is -2.35. The predicted molar refractivity (Wildman–Crippen MR) is 83.0 cm³/mol. The third-order valence-corrected chi connectivity index (χ3v) is 4.05. The summed E-state index contributed by atoms with van der Waals surface area (Å²) in [4.78, 5) is 24.5. The Kier molecular flexibility index (Phi) is 3.02. The number of aromatic carboxylic acids is 1. The average Bonchev–Trinajstić information content (AvgIpc) is 2.96. The van der Waals surface area contributed by atoms with Gasteiger partial charge in [-0.15, -0.1) is 10.2 Å². The van der Waals surface area contributed by atoms with Gasteiger partial charge < -0.3 is 10.0 Å². The van der Waals surface area contributed by atoms with E-state index < -0.39 is 23.7 Å². The van der Waals surface area contributed by atoms with E-state index >= 15 is 0 Å². The third kappa shape index (κ3) is 2.02. The molecule has 0 bridgehead atoms. The number of amides is 1. The highest BCUT2D eigenvalue weighted by atomic mass is 19.1. The van der Waals surface area contributed by atoms with Crippen molar-refractivity contribution in [2.45, 2.75) is 6.04 Å². The maximum absolute atomic E-state index is 14.5. The number of carboxylic acids is 1. The summed E-state index contributed by atoms with van der Waals surface area (Å²) in [5.41, 5.74) is 1.91. The van der Waals surface area contributed by atoms with Crippen molar-refractivity contribution in [2.75, 3.05) is 4.90 Å². The largest absolute Gasteiger partial charge is 0.478 e. The van der Waals surface area contributed by atoms with Gasteiger partial charge in [-0.2, -0.15) is 0 Å². The normalized spacial score (nSPS) is 21.5. The molecule has 1 atom stereocenters. The van der Waals surface area contributed by atoms with Crippen molar-refractivity contribution in [3.63, 3.8) is 0 Å². The molecule has 3 aliphatic rings. The van der Waals surface area contributed by atoms with E-state index in [1.807, 2.05) is 0 Å². The van der Waals surface area contributed by atoms with Gasteiger partial charge in [0.1, 0.15) is 17.6 Å². The first-order chi connectivity index (χ1) is 11.6. The van der Waals surface area contributed by atoms with Gasteiger partial charge in [0.2, 0.25) is 0 Å². The van der Waals surface area contributed by atoms with Crippen LogP contribution in [0.2, 0.25) is 0 Å². The number of carboxylic acid groups (broad SMARTS) is 1. The molecule has 6 nitrogen and oxygen atoms in total. The van der Waals surface area contributed by atoms with Crippen molar-refractivity contribution in [1.29, 1.82) is 0 Å². The van der Waals surface area contributed by atoms with Crippen LogP contribution in [0.4, 0.5) is 10.1 Å². The minimum Gasteiger partial charge on any atom is -0.478 e. The van der Waals surface area contributed by atoms with Crippen LogP contribution in [0, 0.1) is 0 Å². The quantitative estimate of drug-likeness (QED) is 0.906.